The van der Waals surface area contributed by atoms with Crippen LogP contribution in [0.15, 0.2) is 30.3 Å². The molecule has 1 heterocycles. The number of hydrogen-bond donors (Lipinski definition) is 1. The molecule has 96 valence electrons. The highest BCUT2D eigenvalue weighted by molar-refractivity contribution is 5.94. The molecule has 2 rings (SSSR count). The lowest BCUT2D eigenvalue weighted by atomic mass is 10.2. The molecule has 0 aliphatic rings. The molecule has 18 heavy (non-hydrogen) atoms. The van der Waals surface area contributed by atoms with Crippen molar-refractivity contribution in [3.63, 3.8) is 0 Å². The van der Waals surface area contributed by atoms with Crippen LogP contribution < -0.4 is 0 Å². The Morgan fingerprint density at radius 3 is 2.78 bits per heavy atom. The number of para-hydroxylation sites is 1. The molecule has 0 radical (unpaired) electrons. The number of aromatic nitrogens is 1. The zero-order valence-corrected chi connectivity index (χ0v) is 10.6. The minimum atomic E-state index is -0.907. The number of ether oxygens (including phenoxy) is 1. The van der Waals surface area contributed by atoms with Crippen molar-refractivity contribution in [1.29, 1.82) is 0 Å². The second-order valence-electron chi connectivity index (χ2n) is 4.46. The summed E-state index contributed by atoms with van der Waals surface area (Å²) in [6.07, 6.45) is 0.153. The van der Waals surface area contributed by atoms with E-state index in [1.165, 1.54) is 0 Å². The molecule has 1 aromatic heterocycles. The number of nitrogens with zero attached hydrogens (tertiary/aromatic N) is 1. The predicted octanol–water partition coefficient (Wildman–Crippen LogP) is 2.76. The number of carbonyl (C=O) groups is 1. The summed E-state index contributed by atoms with van der Waals surface area (Å²) in [5.41, 5.74) is 1.24. The standard InChI is InChI=1S/C14H17NO3/c1-10(2)18-8-7-15-12-6-4-3-5-11(12)9-13(15)14(16)17/h3-6,9-10H,7-8H2,1-2H3,(H,16,17). The average Bonchev–Trinajstić information content (AvgIpc) is 2.68. The van der Waals surface area contributed by atoms with E-state index in [0.717, 1.165) is 10.9 Å². The third-order valence-corrected chi connectivity index (χ3v) is 2.80. The van der Waals surface area contributed by atoms with Gasteiger partial charge in [0, 0.05) is 17.4 Å². The van der Waals surface area contributed by atoms with Gasteiger partial charge in [0.1, 0.15) is 5.69 Å². The van der Waals surface area contributed by atoms with Crippen LogP contribution >= 0.6 is 0 Å². The fraction of sp³-hybridized carbons (Fsp3) is 0.357. The van der Waals surface area contributed by atoms with Crippen LogP contribution in [0.4, 0.5) is 0 Å². The lowest BCUT2D eigenvalue weighted by Crippen LogP contribution is -2.14. The van der Waals surface area contributed by atoms with E-state index in [1.807, 2.05) is 38.1 Å². The summed E-state index contributed by atoms with van der Waals surface area (Å²) in [4.78, 5) is 11.2. The molecule has 0 atom stereocenters. The molecule has 4 heteroatoms. The Hall–Kier alpha value is -1.81. The van der Waals surface area contributed by atoms with Gasteiger partial charge >= 0.3 is 5.97 Å². The van der Waals surface area contributed by atoms with E-state index >= 15 is 0 Å². The van der Waals surface area contributed by atoms with Crippen molar-refractivity contribution in [1.82, 2.24) is 4.57 Å². The predicted molar refractivity (Wildman–Crippen MR) is 70.0 cm³/mol. The first kappa shape index (κ1) is 12.6. The molecule has 2 aromatic rings. The maximum Gasteiger partial charge on any atom is 0.352 e. The van der Waals surface area contributed by atoms with E-state index in [1.54, 1.807) is 10.6 Å². The number of carboxylic acid groups (broad SMARTS) is 1. The highest BCUT2D eigenvalue weighted by Gasteiger charge is 2.13. The fourth-order valence-electron chi connectivity index (χ4n) is 2.01. The second-order valence-corrected chi connectivity index (χ2v) is 4.46. The maximum atomic E-state index is 11.2. The number of carboxylic acids is 1. The van der Waals surface area contributed by atoms with Crippen molar-refractivity contribution < 1.29 is 14.6 Å². The highest BCUT2D eigenvalue weighted by atomic mass is 16.5. The smallest absolute Gasteiger partial charge is 0.352 e. The van der Waals surface area contributed by atoms with Crippen molar-refractivity contribution in [3.05, 3.63) is 36.0 Å². The van der Waals surface area contributed by atoms with E-state index in [9.17, 15) is 9.90 Å². The zero-order valence-electron chi connectivity index (χ0n) is 10.6. The molecule has 1 aromatic carbocycles. The molecular formula is C14H17NO3. The summed E-state index contributed by atoms with van der Waals surface area (Å²) >= 11 is 0. The van der Waals surface area contributed by atoms with E-state index in [2.05, 4.69) is 0 Å². The van der Waals surface area contributed by atoms with Crippen LogP contribution in [-0.2, 0) is 11.3 Å². The Balaban J connectivity index is 2.33. The highest BCUT2D eigenvalue weighted by Crippen LogP contribution is 2.19. The molecule has 0 saturated heterocycles. The van der Waals surface area contributed by atoms with Crippen molar-refractivity contribution in [3.8, 4) is 0 Å². The second kappa shape index (κ2) is 5.23. The van der Waals surface area contributed by atoms with Crippen LogP contribution in [0.2, 0.25) is 0 Å². The third-order valence-electron chi connectivity index (χ3n) is 2.80. The Labute approximate surface area is 106 Å². The Morgan fingerprint density at radius 2 is 2.11 bits per heavy atom. The number of benzene rings is 1. The van der Waals surface area contributed by atoms with Crippen LogP contribution in [0.25, 0.3) is 10.9 Å². The van der Waals surface area contributed by atoms with Gasteiger partial charge in [-0.05, 0) is 26.0 Å². The van der Waals surface area contributed by atoms with Crippen molar-refractivity contribution >= 4 is 16.9 Å². The molecule has 1 N–H and O–H groups in total. The first-order chi connectivity index (χ1) is 8.59. The van der Waals surface area contributed by atoms with Gasteiger partial charge in [-0.15, -0.1) is 0 Å². The fourth-order valence-corrected chi connectivity index (χ4v) is 2.01. The maximum absolute atomic E-state index is 11.2. The van der Waals surface area contributed by atoms with Gasteiger partial charge in [-0.3, -0.25) is 0 Å². The lowest BCUT2D eigenvalue weighted by Gasteiger charge is -2.11. The largest absolute Gasteiger partial charge is 0.477 e. The Kier molecular flexibility index (Phi) is 3.67. The number of hydrogen-bond acceptors (Lipinski definition) is 2. The van der Waals surface area contributed by atoms with Gasteiger partial charge in [-0.25, -0.2) is 4.79 Å². The van der Waals surface area contributed by atoms with E-state index < -0.39 is 5.97 Å². The minimum absolute atomic E-state index is 0.153. The van der Waals surface area contributed by atoms with Gasteiger partial charge in [-0.2, -0.15) is 0 Å². The van der Waals surface area contributed by atoms with Gasteiger partial charge in [0.15, 0.2) is 0 Å². The number of aromatic carboxylic acids is 1. The molecule has 0 amide bonds. The van der Waals surface area contributed by atoms with E-state index in [-0.39, 0.29) is 6.10 Å². The van der Waals surface area contributed by atoms with Gasteiger partial charge in [-0.1, -0.05) is 18.2 Å². The molecule has 0 bridgehead atoms. The summed E-state index contributed by atoms with van der Waals surface area (Å²) in [7, 11) is 0. The first-order valence-electron chi connectivity index (χ1n) is 6.02. The van der Waals surface area contributed by atoms with Crippen molar-refractivity contribution in [2.24, 2.45) is 0 Å². The quantitative estimate of drug-likeness (QED) is 0.883. The van der Waals surface area contributed by atoms with Crippen LogP contribution in [-0.4, -0.2) is 28.4 Å². The molecule has 0 unspecified atom stereocenters. The lowest BCUT2D eigenvalue weighted by molar-refractivity contribution is 0.0654. The molecule has 0 aliphatic heterocycles. The molecular weight excluding hydrogens is 230 g/mol. The minimum Gasteiger partial charge on any atom is -0.477 e. The van der Waals surface area contributed by atoms with Crippen LogP contribution in [0, 0.1) is 0 Å². The van der Waals surface area contributed by atoms with Crippen LogP contribution in [0.3, 0.4) is 0 Å². The summed E-state index contributed by atoms with van der Waals surface area (Å²) in [6, 6.07) is 9.36. The topological polar surface area (TPSA) is 51.5 Å². The van der Waals surface area contributed by atoms with Gasteiger partial charge in [0.2, 0.25) is 0 Å². The van der Waals surface area contributed by atoms with Crippen LogP contribution in [0.5, 0.6) is 0 Å². The molecule has 0 spiro atoms. The first-order valence-corrected chi connectivity index (χ1v) is 6.02. The summed E-state index contributed by atoms with van der Waals surface area (Å²) in [5, 5.41) is 10.2. The van der Waals surface area contributed by atoms with Crippen molar-refractivity contribution in [2.75, 3.05) is 6.61 Å². The van der Waals surface area contributed by atoms with Gasteiger partial charge in [0.05, 0.1) is 12.7 Å². The Morgan fingerprint density at radius 1 is 1.39 bits per heavy atom. The molecule has 0 saturated carbocycles. The zero-order chi connectivity index (χ0) is 13.1. The number of rotatable bonds is 5. The summed E-state index contributed by atoms with van der Waals surface area (Å²) in [6.45, 7) is 4.99. The van der Waals surface area contributed by atoms with Gasteiger partial charge in [0.25, 0.3) is 0 Å². The molecule has 4 nitrogen and oxygen atoms in total. The summed E-state index contributed by atoms with van der Waals surface area (Å²) in [5.74, 6) is -0.907. The number of fused-ring (bicyclic) bond motifs is 1. The monoisotopic (exact) mass is 247 g/mol. The van der Waals surface area contributed by atoms with E-state index in [0.29, 0.717) is 18.8 Å². The SMILES string of the molecule is CC(C)OCCn1c(C(=O)O)cc2ccccc21. The normalized spacial score (nSPS) is 11.3. The van der Waals surface area contributed by atoms with Crippen molar-refractivity contribution in [2.45, 2.75) is 26.5 Å². The third kappa shape index (κ3) is 2.54. The average molecular weight is 247 g/mol. The molecule has 0 fully saturated rings. The molecule has 0 aliphatic carbocycles. The van der Waals surface area contributed by atoms with E-state index in [4.69, 9.17) is 4.74 Å². The Bertz CT molecular complexity index is 557. The van der Waals surface area contributed by atoms with Crippen LogP contribution in [0.1, 0.15) is 24.3 Å². The summed E-state index contributed by atoms with van der Waals surface area (Å²) < 4.78 is 7.28. The van der Waals surface area contributed by atoms with Gasteiger partial charge < -0.3 is 14.4 Å².